The number of aryl methyl sites for hydroxylation is 1. The van der Waals surface area contributed by atoms with Crippen LogP contribution in [0.4, 0.5) is 4.39 Å². The number of hydrogen-bond acceptors (Lipinski definition) is 4. The Balaban J connectivity index is 1.88. The highest BCUT2D eigenvalue weighted by Gasteiger charge is 2.14. The first kappa shape index (κ1) is 19.4. The van der Waals surface area contributed by atoms with Crippen molar-refractivity contribution in [3.8, 4) is 5.75 Å². The van der Waals surface area contributed by atoms with Crippen molar-refractivity contribution in [3.05, 3.63) is 65.5 Å². The van der Waals surface area contributed by atoms with E-state index >= 15 is 0 Å². The Morgan fingerprint density at radius 1 is 1.12 bits per heavy atom. The number of para-hydroxylation sites is 1. The lowest BCUT2D eigenvalue weighted by Gasteiger charge is -2.25. The first-order chi connectivity index (χ1) is 12.1. The second-order valence-electron chi connectivity index (χ2n) is 6.08. The van der Waals surface area contributed by atoms with Crippen molar-refractivity contribution < 1.29 is 19.0 Å². The lowest BCUT2D eigenvalue weighted by atomic mass is 10.2. The van der Waals surface area contributed by atoms with Crippen molar-refractivity contribution in [2.75, 3.05) is 33.4 Å². The van der Waals surface area contributed by atoms with E-state index in [2.05, 4.69) is 4.90 Å². The minimum absolute atomic E-state index is 0.220. The summed E-state index contributed by atoms with van der Waals surface area (Å²) >= 11 is 0. The zero-order valence-electron chi connectivity index (χ0n) is 14.8. The van der Waals surface area contributed by atoms with Gasteiger partial charge >= 0.3 is 0 Å². The van der Waals surface area contributed by atoms with Gasteiger partial charge in [-0.2, -0.15) is 0 Å². The van der Waals surface area contributed by atoms with Gasteiger partial charge in [0.1, 0.15) is 24.3 Å². The van der Waals surface area contributed by atoms with Gasteiger partial charge in [0.05, 0.1) is 6.61 Å². The third-order valence-electron chi connectivity index (χ3n) is 3.92. The molecule has 0 saturated heterocycles. The fourth-order valence-electron chi connectivity index (χ4n) is 2.56. The minimum Gasteiger partial charge on any atom is -0.491 e. The Bertz CT molecular complexity index is 633. The predicted molar refractivity (Wildman–Crippen MR) is 96.2 cm³/mol. The zero-order valence-corrected chi connectivity index (χ0v) is 14.8. The molecule has 25 heavy (non-hydrogen) atoms. The lowest BCUT2D eigenvalue weighted by Crippen LogP contribution is -2.37. The normalized spacial score (nSPS) is 12.4. The highest BCUT2D eigenvalue weighted by atomic mass is 19.1. The summed E-state index contributed by atoms with van der Waals surface area (Å²) in [6, 6.07) is 14.1. The van der Waals surface area contributed by atoms with E-state index < -0.39 is 6.10 Å². The van der Waals surface area contributed by atoms with Crippen LogP contribution < -0.4 is 4.74 Å². The number of rotatable bonds is 10. The zero-order chi connectivity index (χ0) is 18.1. The molecule has 2 aromatic rings. The molecule has 0 spiro atoms. The highest BCUT2D eigenvalue weighted by Crippen LogP contribution is 2.16. The molecule has 0 fully saturated rings. The van der Waals surface area contributed by atoms with Gasteiger partial charge in [-0.3, -0.25) is 4.90 Å². The van der Waals surface area contributed by atoms with Gasteiger partial charge in [0, 0.05) is 26.7 Å². The van der Waals surface area contributed by atoms with Gasteiger partial charge in [0.25, 0.3) is 0 Å². The van der Waals surface area contributed by atoms with Crippen molar-refractivity contribution in [2.45, 2.75) is 19.6 Å². The lowest BCUT2D eigenvalue weighted by molar-refractivity contribution is 0.0540. The molecule has 0 heterocycles. The van der Waals surface area contributed by atoms with E-state index in [1.807, 2.05) is 31.2 Å². The SMILES string of the molecule is COCCN(Cc1ccc(F)cc1)C[C@@H](O)COc1ccccc1C. The van der Waals surface area contributed by atoms with Crippen LogP contribution in [-0.2, 0) is 11.3 Å². The summed E-state index contributed by atoms with van der Waals surface area (Å²) in [5.74, 6) is 0.530. The summed E-state index contributed by atoms with van der Waals surface area (Å²) in [5.41, 5.74) is 2.03. The van der Waals surface area contributed by atoms with E-state index in [1.165, 1.54) is 12.1 Å². The molecule has 136 valence electrons. The van der Waals surface area contributed by atoms with Crippen LogP contribution in [-0.4, -0.2) is 49.5 Å². The number of ether oxygens (including phenoxy) is 2. The average molecular weight is 347 g/mol. The topological polar surface area (TPSA) is 41.9 Å². The molecule has 0 saturated carbocycles. The summed E-state index contributed by atoms with van der Waals surface area (Å²) in [5, 5.41) is 10.3. The average Bonchev–Trinajstić information content (AvgIpc) is 2.61. The maximum Gasteiger partial charge on any atom is 0.123 e. The summed E-state index contributed by atoms with van der Waals surface area (Å²) in [6.45, 7) is 4.50. The van der Waals surface area contributed by atoms with E-state index in [0.29, 0.717) is 26.2 Å². The number of aliphatic hydroxyl groups excluding tert-OH is 1. The molecule has 0 unspecified atom stereocenters. The number of benzene rings is 2. The molecule has 4 nitrogen and oxygen atoms in total. The summed E-state index contributed by atoms with van der Waals surface area (Å²) < 4.78 is 23.9. The fraction of sp³-hybridized carbons (Fsp3) is 0.400. The van der Waals surface area contributed by atoms with Crippen molar-refractivity contribution >= 4 is 0 Å². The number of methoxy groups -OCH3 is 1. The molecule has 1 N–H and O–H groups in total. The van der Waals surface area contributed by atoms with E-state index in [4.69, 9.17) is 9.47 Å². The highest BCUT2D eigenvalue weighted by molar-refractivity contribution is 5.31. The molecule has 0 aliphatic carbocycles. The van der Waals surface area contributed by atoms with Crippen molar-refractivity contribution in [1.82, 2.24) is 4.90 Å². The van der Waals surface area contributed by atoms with Gasteiger partial charge < -0.3 is 14.6 Å². The quantitative estimate of drug-likeness (QED) is 0.717. The van der Waals surface area contributed by atoms with E-state index in [1.54, 1.807) is 19.2 Å². The van der Waals surface area contributed by atoms with Gasteiger partial charge in [-0.05, 0) is 36.2 Å². The maximum absolute atomic E-state index is 13.0. The van der Waals surface area contributed by atoms with Crippen LogP contribution in [0.5, 0.6) is 5.75 Å². The number of nitrogens with zero attached hydrogens (tertiary/aromatic N) is 1. The molecule has 0 amide bonds. The third-order valence-corrected chi connectivity index (χ3v) is 3.92. The summed E-state index contributed by atoms with van der Waals surface area (Å²) in [6.07, 6.45) is -0.628. The number of halogens is 1. The molecule has 0 bridgehead atoms. The second-order valence-corrected chi connectivity index (χ2v) is 6.08. The molecular formula is C20H26FNO3. The van der Waals surface area contributed by atoms with Crippen molar-refractivity contribution in [1.29, 1.82) is 0 Å². The largest absolute Gasteiger partial charge is 0.491 e. The first-order valence-corrected chi connectivity index (χ1v) is 8.40. The molecular weight excluding hydrogens is 321 g/mol. The van der Waals surface area contributed by atoms with Crippen LogP contribution in [0, 0.1) is 12.7 Å². The van der Waals surface area contributed by atoms with Crippen molar-refractivity contribution in [2.24, 2.45) is 0 Å². The molecule has 0 aliphatic heterocycles. The van der Waals surface area contributed by atoms with Crippen LogP contribution in [0.3, 0.4) is 0 Å². The van der Waals surface area contributed by atoms with Crippen LogP contribution in [0.25, 0.3) is 0 Å². The molecule has 2 rings (SSSR count). The molecule has 0 aromatic heterocycles. The fourth-order valence-corrected chi connectivity index (χ4v) is 2.56. The number of aliphatic hydroxyl groups is 1. The van der Waals surface area contributed by atoms with Gasteiger partial charge in [0.15, 0.2) is 0 Å². The summed E-state index contributed by atoms with van der Waals surface area (Å²) in [7, 11) is 1.65. The van der Waals surface area contributed by atoms with Gasteiger partial charge in [-0.25, -0.2) is 4.39 Å². The predicted octanol–water partition coefficient (Wildman–Crippen LogP) is 3.02. The van der Waals surface area contributed by atoms with E-state index in [9.17, 15) is 9.50 Å². The van der Waals surface area contributed by atoms with Gasteiger partial charge in [0.2, 0.25) is 0 Å². The second kappa shape index (κ2) is 10.1. The Morgan fingerprint density at radius 3 is 2.52 bits per heavy atom. The molecule has 0 aliphatic rings. The van der Waals surface area contributed by atoms with E-state index in [-0.39, 0.29) is 12.4 Å². The Labute approximate surface area is 148 Å². The van der Waals surface area contributed by atoms with Crippen LogP contribution in [0.1, 0.15) is 11.1 Å². The number of hydrogen-bond donors (Lipinski definition) is 1. The Hall–Kier alpha value is -1.95. The van der Waals surface area contributed by atoms with Crippen molar-refractivity contribution in [3.63, 3.8) is 0 Å². The molecule has 2 aromatic carbocycles. The Morgan fingerprint density at radius 2 is 1.84 bits per heavy atom. The smallest absolute Gasteiger partial charge is 0.123 e. The van der Waals surface area contributed by atoms with Crippen LogP contribution in [0.15, 0.2) is 48.5 Å². The monoisotopic (exact) mass is 347 g/mol. The van der Waals surface area contributed by atoms with Crippen LogP contribution in [0.2, 0.25) is 0 Å². The Kier molecular flexibility index (Phi) is 7.85. The first-order valence-electron chi connectivity index (χ1n) is 8.40. The van der Waals surface area contributed by atoms with Gasteiger partial charge in [-0.1, -0.05) is 30.3 Å². The van der Waals surface area contributed by atoms with Gasteiger partial charge in [-0.15, -0.1) is 0 Å². The standard InChI is InChI=1S/C20H26FNO3/c1-16-5-3-4-6-20(16)25-15-19(23)14-22(11-12-24-2)13-17-7-9-18(21)10-8-17/h3-10,19,23H,11-15H2,1-2H3/t19-/m1/s1. The molecule has 5 heteroatoms. The maximum atomic E-state index is 13.0. The van der Waals surface area contributed by atoms with Crippen LogP contribution >= 0.6 is 0 Å². The minimum atomic E-state index is -0.628. The third kappa shape index (κ3) is 6.82. The molecule has 1 atom stereocenters. The summed E-state index contributed by atoms with van der Waals surface area (Å²) in [4.78, 5) is 2.07. The van der Waals surface area contributed by atoms with E-state index in [0.717, 1.165) is 16.9 Å². The molecule has 0 radical (unpaired) electrons.